The summed E-state index contributed by atoms with van der Waals surface area (Å²) in [5, 5.41) is 11.2. The second-order valence-corrected chi connectivity index (χ2v) is 10.2. The molecule has 4 aliphatic rings. The molecule has 0 saturated heterocycles. The molecule has 0 amide bonds. The highest BCUT2D eigenvalue weighted by molar-refractivity contribution is 5.42. The first kappa shape index (κ1) is 19.5. The van der Waals surface area contributed by atoms with Crippen LogP contribution in [0.15, 0.2) is 18.2 Å². The van der Waals surface area contributed by atoms with Crippen molar-refractivity contribution in [1.82, 2.24) is 0 Å². The lowest BCUT2D eigenvalue weighted by atomic mass is 9.52. The zero-order chi connectivity index (χ0) is 20.2. The van der Waals surface area contributed by atoms with Crippen LogP contribution in [0.3, 0.4) is 0 Å². The molecule has 5 rings (SSSR count). The fourth-order valence-electron chi connectivity index (χ4n) is 7.35. The summed E-state index contributed by atoms with van der Waals surface area (Å²) in [5.74, 6) is 5.17. The van der Waals surface area contributed by atoms with E-state index in [2.05, 4.69) is 31.0 Å². The maximum Gasteiger partial charge on any atom is 0.130 e. The molecule has 0 unspecified atom stereocenters. The van der Waals surface area contributed by atoms with Crippen molar-refractivity contribution in [3.8, 4) is 18.1 Å². The van der Waals surface area contributed by atoms with Gasteiger partial charge < -0.3 is 14.6 Å². The van der Waals surface area contributed by atoms with Gasteiger partial charge in [0, 0.05) is 18.4 Å². The molecule has 156 valence electrons. The van der Waals surface area contributed by atoms with E-state index in [0.717, 1.165) is 31.4 Å². The molecule has 0 aromatic heterocycles. The molecule has 4 aliphatic carbocycles. The number of methoxy groups -OCH3 is 1. The van der Waals surface area contributed by atoms with Crippen molar-refractivity contribution in [2.24, 2.45) is 17.3 Å². The molecule has 3 fully saturated rings. The van der Waals surface area contributed by atoms with Crippen molar-refractivity contribution in [2.75, 3.05) is 7.11 Å². The van der Waals surface area contributed by atoms with E-state index in [0.29, 0.717) is 30.3 Å². The number of hydrogen-bond donors (Lipinski definition) is 1. The quantitative estimate of drug-likeness (QED) is 0.745. The topological polar surface area (TPSA) is 38.7 Å². The predicted molar refractivity (Wildman–Crippen MR) is 114 cm³/mol. The number of aliphatic hydroxyl groups is 1. The predicted octanol–water partition coefficient (Wildman–Crippen LogP) is 4.85. The minimum absolute atomic E-state index is 0.0971. The van der Waals surface area contributed by atoms with Gasteiger partial charge in [0.15, 0.2) is 0 Å². The third-order valence-corrected chi connectivity index (χ3v) is 8.95. The molecular weight excluding hydrogens is 360 g/mol. The Balaban J connectivity index is 1.46. The van der Waals surface area contributed by atoms with Gasteiger partial charge in [-0.3, -0.25) is 0 Å². The molecule has 1 aromatic carbocycles. The maximum atomic E-state index is 11.2. The highest BCUT2D eigenvalue weighted by Gasteiger charge is 2.63. The molecule has 0 heterocycles. The molecule has 1 aromatic rings. The van der Waals surface area contributed by atoms with Gasteiger partial charge in [0.2, 0.25) is 0 Å². The Kier molecular flexibility index (Phi) is 4.72. The molecule has 0 radical (unpaired) electrons. The zero-order valence-corrected chi connectivity index (χ0v) is 17.8. The average molecular weight is 395 g/mol. The average Bonchev–Trinajstić information content (AvgIpc) is 3.33. The van der Waals surface area contributed by atoms with Gasteiger partial charge in [-0.1, -0.05) is 18.9 Å². The molecule has 1 N–H and O–H groups in total. The van der Waals surface area contributed by atoms with Crippen molar-refractivity contribution in [3.63, 3.8) is 0 Å². The molecule has 0 bridgehead atoms. The lowest BCUT2D eigenvalue weighted by Crippen LogP contribution is -2.54. The normalized spacial score (nSPS) is 41.3. The molecule has 3 heteroatoms. The van der Waals surface area contributed by atoms with Crippen LogP contribution in [0.1, 0.15) is 75.3 Å². The minimum atomic E-state index is -1.00. The van der Waals surface area contributed by atoms with Crippen LogP contribution in [0.25, 0.3) is 0 Å². The van der Waals surface area contributed by atoms with Crippen molar-refractivity contribution in [3.05, 3.63) is 29.3 Å². The van der Waals surface area contributed by atoms with E-state index in [9.17, 15) is 5.11 Å². The summed E-state index contributed by atoms with van der Waals surface area (Å²) in [5.41, 5.74) is 1.60. The van der Waals surface area contributed by atoms with E-state index in [1.165, 1.54) is 36.8 Å². The zero-order valence-electron chi connectivity index (χ0n) is 17.8. The summed E-state index contributed by atoms with van der Waals surface area (Å²) in [7, 11) is 1.82. The van der Waals surface area contributed by atoms with Gasteiger partial charge in [-0.05, 0) is 92.9 Å². The summed E-state index contributed by atoms with van der Waals surface area (Å²) >= 11 is 0. The number of rotatable bonds is 3. The summed E-state index contributed by atoms with van der Waals surface area (Å²) < 4.78 is 12.3. The second-order valence-electron chi connectivity index (χ2n) is 10.2. The van der Waals surface area contributed by atoms with Crippen molar-refractivity contribution in [2.45, 2.75) is 88.4 Å². The molecule has 0 spiro atoms. The van der Waals surface area contributed by atoms with E-state index in [4.69, 9.17) is 15.9 Å². The molecule has 0 aliphatic heterocycles. The van der Waals surface area contributed by atoms with E-state index >= 15 is 0 Å². The largest absolute Gasteiger partial charge is 0.490 e. The molecule has 3 nitrogen and oxygen atoms in total. The van der Waals surface area contributed by atoms with E-state index in [1.807, 2.05) is 7.11 Å². The lowest BCUT2D eigenvalue weighted by molar-refractivity contribution is -0.116. The van der Waals surface area contributed by atoms with Crippen molar-refractivity contribution < 1.29 is 14.6 Å². The van der Waals surface area contributed by atoms with E-state index in [1.54, 1.807) is 0 Å². The fraction of sp³-hybridized carbons (Fsp3) is 0.692. The smallest absolute Gasteiger partial charge is 0.130 e. The Bertz CT molecular complexity index is 820. The van der Waals surface area contributed by atoms with Crippen LogP contribution in [0.4, 0.5) is 0 Å². The maximum absolute atomic E-state index is 11.2. The van der Waals surface area contributed by atoms with Crippen LogP contribution in [0.5, 0.6) is 5.75 Å². The fourth-order valence-corrected chi connectivity index (χ4v) is 7.35. The van der Waals surface area contributed by atoms with Crippen LogP contribution in [0.2, 0.25) is 0 Å². The second kappa shape index (κ2) is 7.03. The Morgan fingerprint density at radius 3 is 2.69 bits per heavy atom. The van der Waals surface area contributed by atoms with Crippen LogP contribution in [-0.4, -0.2) is 30.0 Å². The number of aryl methyl sites for hydroxylation is 1. The van der Waals surface area contributed by atoms with Gasteiger partial charge >= 0.3 is 0 Å². The number of hydrogen-bond acceptors (Lipinski definition) is 3. The summed E-state index contributed by atoms with van der Waals surface area (Å²) in [6.45, 7) is 2.21. The molecule has 6 atom stereocenters. The standard InChI is InChI=1S/C26H34O3/c1-4-26(27)14-13-22-21-11-9-17-15-19(29-18-7-5-6-8-18)10-12-20(17)24(21)23(28-3)16-25(22,26)2/h1,10,12,15,18,21-24,27H,5-9,11,13-14,16H2,2-3H3/t21-,22-,23+,24+,25-,26-/m0/s1. The van der Waals surface area contributed by atoms with Crippen LogP contribution >= 0.6 is 0 Å². The van der Waals surface area contributed by atoms with Gasteiger partial charge in [-0.15, -0.1) is 6.42 Å². The van der Waals surface area contributed by atoms with Crippen LogP contribution in [-0.2, 0) is 11.2 Å². The van der Waals surface area contributed by atoms with Gasteiger partial charge in [0.05, 0.1) is 12.2 Å². The Morgan fingerprint density at radius 1 is 1.17 bits per heavy atom. The Hall–Kier alpha value is -1.50. The Morgan fingerprint density at radius 2 is 1.97 bits per heavy atom. The first-order valence-corrected chi connectivity index (χ1v) is 11.5. The van der Waals surface area contributed by atoms with Crippen molar-refractivity contribution >= 4 is 0 Å². The Labute approximate surface area is 175 Å². The summed E-state index contributed by atoms with van der Waals surface area (Å²) in [6.07, 6.45) is 16.1. The number of fused-ring (bicyclic) bond motifs is 5. The van der Waals surface area contributed by atoms with Crippen LogP contribution in [0, 0.1) is 29.6 Å². The third kappa shape index (κ3) is 2.87. The van der Waals surface area contributed by atoms with Gasteiger partial charge in [-0.2, -0.15) is 0 Å². The van der Waals surface area contributed by atoms with Gasteiger partial charge in [-0.25, -0.2) is 0 Å². The molecule has 3 saturated carbocycles. The third-order valence-electron chi connectivity index (χ3n) is 8.95. The van der Waals surface area contributed by atoms with Gasteiger partial charge in [0.25, 0.3) is 0 Å². The summed E-state index contributed by atoms with van der Waals surface area (Å²) in [4.78, 5) is 0. The van der Waals surface area contributed by atoms with E-state index < -0.39 is 5.60 Å². The van der Waals surface area contributed by atoms with E-state index in [-0.39, 0.29) is 11.5 Å². The number of benzene rings is 1. The summed E-state index contributed by atoms with van der Waals surface area (Å²) in [6, 6.07) is 6.76. The van der Waals surface area contributed by atoms with Crippen molar-refractivity contribution in [1.29, 1.82) is 0 Å². The minimum Gasteiger partial charge on any atom is -0.490 e. The first-order chi connectivity index (χ1) is 14.0. The molecular formula is C26H34O3. The van der Waals surface area contributed by atoms with Gasteiger partial charge in [0.1, 0.15) is 11.4 Å². The number of terminal acetylenes is 1. The lowest BCUT2D eigenvalue weighted by Gasteiger charge is -2.54. The number of ether oxygens (including phenoxy) is 2. The monoisotopic (exact) mass is 394 g/mol. The highest BCUT2D eigenvalue weighted by Crippen LogP contribution is 2.64. The van der Waals surface area contributed by atoms with Crippen LogP contribution < -0.4 is 4.74 Å². The highest BCUT2D eigenvalue weighted by atomic mass is 16.5. The first-order valence-electron chi connectivity index (χ1n) is 11.5. The molecule has 29 heavy (non-hydrogen) atoms. The SMILES string of the molecule is C#C[C@]1(O)CC[C@H]2[C@@H]3CCc4cc(OC5CCCC5)ccc4[C@H]3[C@H](OC)C[C@@]21C.